The van der Waals surface area contributed by atoms with Gasteiger partial charge in [-0.2, -0.15) is 0 Å². The van der Waals surface area contributed by atoms with E-state index in [-0.39, 0.29) is 6.61 Å². The second-order valence-electron chi connectivity index (χ2n) is 4.66. The van der Waals surface area contributed by atoms with Crippen LogP contribution in [0.15, 0.2) is 18.2 Å². The summed E-state index contributed by atoms with van der Waals surface area (Å²) in [6.45, 7) is 4.34. The van der Waals surface area contributed by atoms with Crippen molar-refractivity contribution >= 4 is 0 Å². The highest BCUT2D eigenvalue weighted by Gasteiger charge is 2.11. The molecule has 0 fully saturated rings. The van der Waals surface area contributed by atoms with Crippen LogP contribution in [-0.2, 0) is 0 Å². The van der Waals surface area contributed by atoms with Gasteiger partial charge in [-0.05, 0) is 37.1 Å². The van der Waals surface area contributed by atoms with Crippen molar-refractivity contribution in [1.29, 1.82) is 0 Å². The molecule has 3 nitrogen and oxygen atoms in total. The van der Waals surface area contributed by atoms with Gasteiger partial charge >= 0.3 is 0 Å². The smallest absolute Gasteiger partial charge is 0.126 e. The first-order chi connectivity index (χ1) is 9.06. The van der Waals surface area contributed by atoms with E-state index in [1.807, 2.05) is 0 Å². The molecule has 0 amide bonds. The van der Waals surface area contributed by atoms with Crippen LogP contribution in [0.25, 0.3) is 0 Å². The summed E-state index contributed by atoms with van der Waals surface area (Å²) in [6.07, 6.45) is 1.59. The first-order valence-corrected chi connectivity index (χ1v) is 6.61. The van der Waals surface area contributed by atoms with Crippen LogP contribution in [0.2, 0.25) is 0 Å². The van der Waals surface area contributed by atoms with Gasteiger partial charge in [-0.25, -0.2) is 8.78 Å². The van der Waals surface area contributed by atoms with Crippen molar-refractivity contribution in [2.75, 3.05) is 26.2 Å². The molecular formula is C14H22F2N2O. The topological polar surface area (TPSA) is 49.5 Å². The fourth-order valence-corrected chi connectivity index (χ4v) is 2.07. The molecule has 5 heteroatoms. The Balaban J connectivity index is 2.55. The fraction of sp³-hybridized carbons (Fsp3) is 0.571. The maximum absolute atomic E-state index is 13.1. The predicted octanol–water partition coefficient (Wildman–Crippen LogP) is 2.06. The van der Waals surface area contributed by atoms with Crippen LogP contribution < -0.4 is 5.73 Å². The molecule has 1 unspecified atom stereocenters. The van der Waals surface area contributed by atoms with Gasteiger partial charge in [-0.3, -0.25) is 0 Å². The van der Waals surface area contributed by atoms with Gasteiger partial charge in [0.25, 0.3) is 0 Å². The minimum Gasteiger partial charge on any atom is -0.395 e. The molecular weight excluding hydrogens is 250 g/mol. The van der Waals surface area contributed by atoms with Crippen LogP contribution >= 0.6 is 0 Å². The SMILES string of the molecule is CCCN(CCO)CCC(N)c1cc(F)cc(F)c1. The van der Waals surface area contributed by atoms with Gasteiger partial charge in [0, 0.05) is 25.2 Å². The Morgan fingerprint density at radius 3 is 2.32 bits per heavy atom. The van der Waals surface area contributed by atoms with Gasteiger partial charge in [0.05, 0.1) is 6.61 Å². The summed E-state index contributed by atoms with van der Waals surface area (Å²) in [5, 5.41) is 8.95. The number of hydrogen-bond donors (Lipinski definition) is 2. The predicted molar refractivity (Wildman–Crippen MR) is 71.7 cm³/mol. The Morgan fingerprint density at radius 1 is 1.16 bits per heavy atom. The van der Waals surface area contributed by atoms with E-state index in [0.29, 0.717) is 25.1 Å². The Labute approximate surface area is 113 Å². The van der Waals surface area contributed by atoms with Crippen LogP contribution in [0.1, 0.15) is 31.4 Å². The van der Waals surface area contributed by atoms with Crippen LogP contribution in [0.4, 0.5) is 8.78 Å². The third-order valence-electron chi connectivity index (χ3n) is 3.03. The van der Waals surface area contributed by atoms with Crippen molar-refractivity contribution in [1.82, 2.24) is 4.90 Å². The number of rotatable bonds is 8. The lowest BCUT2D eigenvalue weighted by molar-refractivity contribution is 0.191. The maximum Gasteiger partial charge on any atom is 0.126 e. The molecule has 0 aliphatic rings. The average molecular weight is 272 g/mol. The summed E-state index contributed by atoms with van der Waals surface area (Å²) in [5.74, 6) is -1.21. The number of aliphatic hydroxyl groups is 1. The van der Waals surface area contributed by atoms with Crippen molar-refractivity contribution in [3.05, 3.63) is 35.4 Å². The molecule has 0 aliphatic heterocycles. The minimum atomic E-state index is -0.605. The molecule has 0 aromatic heterocycles. The lowest BCUT2D eigenvalue weighted by Gasteiger charge is -2.22. The summed E-state index contributed by atoms with van der Waals surface area (Å²) in [4.78, 5) is 2.09. The monoisotopic (exact) mass is 272 g/mol. The number of halogens is 2. The molecule has 1 aromatic rings. The van der Waals surface area contributed by atoms with E-state index >= 15 is 0 Å². The summed E-state index contributed by atoms with van der Waals surface area (Å²) in [7, 11) is 0. The molecule has 1 atom stereocenters. The largest absolute Gasteiger partial charge is 0.395 e. The molecule has 0 bridgehead atoms. The van der Waals surface area contributed by atoms with Gasteiger partial charge < -0.3 is 15.7 Å². The van der Waals surface area contributed by atoms with Gasteiger partial charge in [0.1, 0.15) is 11.6 Å². The number of aliphatic hydroxyl groups excluding tert-OH is 1. The van der Waals surface area contributed by atoms with Crippen LogP contribution in [-0.4, -0.2) is 36.2 Å². The third-order valence-corrected chi connectivity index (χ3v) is 3.03. The van der Waals surface area contributed by atoms with Crippen LogP contribution in [0.3, 0.4) is 0 Å². The zero-order valence-corrected chi connectivity index (χ0v) is 11.3. The van der Waals surface area contributed by atoms with Gasteiger partial charge in [0.15, 0.2) is 0 Å². The van der Waals surface area contributed by atoms with E-state index in [1.165, 1.54) is 12.1 Å². The van der Waals surface area contributed by atoms with Crippen LogP contribution in [0, 0.1) is 11.6 Å². The van der Waals surface area contributed by atoms with Crippen molar-refractivity contribution in [3.63, 3.8) is 0 Å². The lowest BCUT2D eigenvalue weighted by atomic mass is 10.0. The average Bonchev–Trinajstić information content (AvgIpc) is 2.35. The molecule has 108 valence electrons. The number of nitrogens with zero attached hydrogens (tertiary/aromatic N) is 1. The molecule has 0 heterocycles. The standard InChI is InChI=1S/C14H22F2N2O/c1-2-4-18(6-7-19)5-3-14(17)11-8-12(15)10-13(16)9-11/h8-10,14,19H,2-7,17H2,1H3. The van der Waals surface area contributed by atoms with Crippen molar-refractivity contribution in [2.24, 2.45) is 5.73 Å². The lowest BCUT2D eigenvalue weighted by Crippen LogP contribution is -2.30. The molecule has 0 spiro atoms. The first kappa shape index (κ1) is 16.0. The second-order valence-corrected chi connectivity index (χ2v) is 4.66. The van der Waals surface area contributed by atoms with Crippen LogP contribution in [0.5, 0.6) is 0 Å². The zero-order chi connectivity index (χ0) is 14.3. The number of hydrogen-bond acceptors (Lipinski definition) is 3. The van der Waals surface area contributed by atoms with E-state index < -0.39 is 17.7 Å². The van der Waals surface area contributed by atoms with Crippen molar-refractivity contribution in [3.8, 4) is 0 Å². The molecule has 0 aliphatic carbocycles. The Morgan fingerprint density at radius 2 is 1.79 bits per heavy atom. The number of nitrogens with two attached hydrogens (primary N) is 1. The molecule has 19 heavy (non-hydrogen) atoms. The molecule has 3 N–H and O–H groups in total. The summed E-state index contributed by atoms with van der Waals surface area (Å²) >= 11 is 0. The summed E-state index contributed by atoms with van der Waals surface area (Å²) in [6, 6.07) is 2.97. The highest BCUT2D eigenvalue weighted by atomic mass is 19.1. The van der Waals surface area contributed by atoms with Crippen molar-refractivity contribution in [2.45, 2.75) is 25.8 Å². The molecule has 1 rings (SSSR count). The Hall–Kier alpha value is -1.04. The maximum atomic E-state index is 13.1. The molecule has 0 radical (unpaired) electrons. The van der Waals surface area contributed by atoms with Gasteiger partial charge in [-0.1, -0.05) is 6.92 Å². The van der Waals surface area contributed by atoms with E-state index in [9.17, 15) is 8.78 Å². The quantitative estimate of drug-likeness (QED) is 0.761. The normalized spacial score (nSPS) is 12.9. The highest BCUT2D eigenvalue weighted by Crippen LogP contribution is 2.17. The summed E-state index contributed by atoms with van der Waals surface area (Å²) in [5.41, 5.74) is 6.42. The minimum absolute atomic E-state index is 0.101. The van der Waals surface area contributed by atoms with E-state index in [0.717, 1.165) is 19.0 Å². The fourth-order valence-electron chi connectivity index (χ4n) is 2.07. The van der Waals surface area contributed by atoms with Gasteiger partial charge in [-0.15, -0.1) is 0 Å². The highest BCUT2D eigenvalue weighted by molar-refractivity contribution is 5.21. The van der Waals surface area contributed by atoms with Gasteiger partial charge in [0.2, 0.25) is 0 Å². The molecule has 0 saturated carbocycles. The van der Waals surface area contributed by atoms with E-state index in [1.54, 1.807) is 0 Å². The van der Waals surface area contributed by atoms with E-state index in [2.05, 4.69) is 11.8 Å². The third kappa shape index (κ3) is 5.63. The molecule has 1 aromatic carbocycles. The second kappa shape index (κ2) is 8.19. The van der Waals surface area contributed by atoms with Crippen molar-refractivity contribution < 1.29 is 13.9 Å². The zero-order valence-electron chi connectivity index (χ0n) is 11.3. The van der Waals surface area contributed by atoms with E-state index in [4.69, 9.17) is 10.8 Å². The molecule has 0 saturated heterocycles. The Kier molecular flexibility index (Phi) is 6.91. The Bertz CT molecular complexity index is 361. The first-order valence-electron chi connectivity index (χ1n) is 6.61. The summed E-state index contributed by atoms with van der Waals surface area (Å²) < 4.78 is 26.2. The number of benzene rings is 1.